The molecule has 0 spiro atoms. The molecule has 6 atom stereocenters. The van der Waals surface area contributed by atoms with E-state index in [1.807, 2.05) is 13.8 Å². The Morgan fingerprint density at radius 1 is 0.970 bits per heavy atom. The second-order valence-electron chi connectivity index (χ2n) is 12.9. The van der Waals surface area contributed by atoms with Crippen molar-refractivity contribution >= 4 is 11.8 Å². The van der Waals surface area contributed by atoms with E-state index in [0.717, 1.165) is 56.1 Å². The Labute approximate surface area is 197 Å². The summed E-state index contributed by atoms with van der Waals surface area (Å²) in [4.78, 5) is 24.8. The monoisotopic (exact) mass is 450 g/mol. The molecule has 0 saturated heterocycles. The van der Waals surface area contributed by atoms with Crippen LogP contribution in [-0.4, -0.2) is 22.0 Å². The minimum absolute atomic E-state index is 0.0000746. The summed E-state index contributed by atoms with van der Waals surface area (Å²) in [7, 11) is 0. The average Bonchev–Trinajstić information content (AvgIpc) is 2.75. The third-order valence-corrected chi connectivity index (χ3v) is 11.4. The van der Waals surface area contributed by atoms with E-state index in [1.165, 1.54) is 5.57 Å². The van der Waals surface area contributed by atoms with Crippen LogP contribution in [0.1, 0.15) is 86.5 Å². The van der Waals surface area contributed by atoms with Gasteiger partial charge in [-0.25, -0.2) is 0 Å². The summed E-state index contributed by atoms with van der Waals surface area (Å²) in [6.07, 6.45) is 12.7. The number of carbonyl (C=O) groups is 2. The third-order valence-electron chi connectivity index (χ3n) is 11.4. The van der Waals surface area contributed by atoms with Crippen LogP contribution in [0, 0.1) is 33.0 Å². The molecule has 0 radical (unpaired) electrons. The van der Waals surface area contributed by atoms with Crippen LogP contribution in [-0.2, 0) is 9.59 Å². The highest BCUT2D eigenvalue weighted by Gasteiger charge is 2.67. The van der Waals surface area contributed by atoms with Gasteiger partial charge in [-0.2, -0.15) is 0 Å². The van der Waals surface area contributed by atoms with Crippen molar-refractivity contribution in [3.05, 3.63) is 46.3 Å². The molecule has 5 rings (SSSR count). The summed E-state index contributed by atoms with van der Waals surface area (Å²) >= 11 is 0. The van der Waals surface area contributed by atoms with Crippen molar-refractivity contribution in [1.82, 2.24) is 0 Å². The van der Waals surface area contributed by atoms with Gasteiger partial charge in [0.25, 0.3) is 0 Å². The Balaban J connectivity index is 1.64. The SMILES string of the molecule is CC1=C(O)C(=O)C=C2C1=CC=C1[C@]2(C)CC[C@]2(C)C3C[C@@](C)(C(=O)O)CC[C@@]3(C)CC[C@@]12C. The molecule has 0 aliphatic heterocycles. The number of ketones is 1. The van der Waals surface area contributed by atoms with Crippen LogP contribution in [0.15, 0.2) is 46.3 Å². The number of allylic oxidation sites excluding steroid dienone is 7. The standard InChI is InChI=1S/C29H38O4/c1-17-18-7-8-21-27(4,19(18)15-20(30)23(17)31)12-14-29(6)22-16-26(3,24(32)33)10-9-25(22,2)11-13-28(21,29)5/h7-8,15,22,31H,9-14,16H2,1-6H3,(H,32,33)/t22?,25-,26-,27+,28-,29+/m0/s1. The van der Waals surface area contributed by atoms with Crippen LogP contribution in [0.4, 0.5) is 0 Å². The first-order valence-electron chi connectivity index (χ1n) is 12.6. The normalized spacial score (nSPS) is 46.8. The summed E-state index contributed by atoms with van der Waals surface area (Å²) in [6, 6.07) is 0. The van der Waals surface area contributed by atoms with Gasteiger partial charge >= 0.3 is 5.97 Å². The van der Waals surface area contributed by atoms with Crippen molar-refractivity contribution in [2.75, 3.05) is 0 Å². The lowest BCUT2D eigenvalue weighted by atomic mass is 9.34. The predicted octanol–water partition coefficient (Wildman–Crippen LogP) is 6.70. The Bertz CT molecular complexity index is 1100. The van der Waals surface area contributed by atoms with E-state index in [2.05, 4.69) is 39.8 Å². The van der Waals surface area contributed by atoms with Crippen molar-refractivity contribution in [3.8, 4) is 0 Å². The van der Waals surface area contributed by atoms with Crippen molar-refractivity contribution < 1.29 is 19.8 Å². The number of fused-ring (bicyclic) bond motifs is 7. The fourth-order valence-electron chi connectivity index (χ4n) is 8.65. The van der Waals surface area contributed by atoms with Crippen LogP contribution < -0.4 is 0 Å². The summed E-state index contributed by atoms with van der Waals surface area (Å²) in [5.74, 6) is -0.734. The molecule has 0 aromatic rings. The van der Waals surface area contributed by atoms with Crippen molar-refractivity contribution in [1.29, 1.82) is 0 Å². The maximum atomic E-state index is 12.6. The number of rotatable bonds is 1. The molecule has 0 amide bonds. The van der Waals surface area contributed by atoms with E-state index in [-0.39, 0.29) is 33.2 Å². The Kier molecular flexibility index (Phi) is 4.48. The number of aliphatic carboxylic acids is 1. The molecular formula is C29H38O4. The van der Waals surface area contributed by atoms with Gasteiger partial charge in [-0.05, 0) is 98.2 Å². The van der Waals surface area contributed by atoms with Crippen molar-refractivity contribution in [3.63, 3.8) is 0 Å². The minimum atomic E-state index is -0.655. The Morgan fingerprint density at radius 2 is 1.64 bits per heavy atom. The molecule has 33 heavy (non-hydrogen) atoms. The molecule has 0 aromatic heterocycles. The van der Waals surface area contributed by atoms with Gasteiger partial charge in [-0.3, -0.25) is 9.59 Å². The van der Waals surface area contributed by atoms with Gasteiger partial charge in [0, 0.05) is 11.0 Å². The van der Waals surface area contributed by atoms with Gasteiger partial charge in [0.2, 0.25) is 5.78 Å². The molecule has 178 valence electrons. The van der Waals surface area contributed by atoms with Gasteiger partial charge in [-0.15, -0.1) is 0 Å². The highest BCUT2D eigenvalue weighted by atomic mass is 16.4. The summed E-state index contributed by atoms with van der Waals surface area (Å²) in [5, 5.41) is 20.3. The number of carbonyl (C=O) groups excluding carboxylic acids is 1. The highest BCUT2D eigenvalue weighted by Crippen LogP contribution is 2.75. The number of carboxylic acids is 1. The lowest BCUT2D eigenvalue weighted by Crippen LogP contribution is -2.62. The Morgan fingerprint density at radius 3 is 2.30 bits per heavy atom. The van der Waals surface area contributed by atoms with Crippen molar-refractivity contribution in [2.24, 2.45) is 33.0 Å². The first-order chi connectivity index (χ1) is 15.2. The molecule has 0 heterocycles. The molecule has 4 heteroatoms. The van der Waals surface area contributed by atoms with Gasteiger partial charge in [0.1, 0.15) is 0 Å². The van der Waals surface area contributed by atoms with E-state index in [4.69, 9.17) is 0 Å². The zero-order chi connectivity index (χ0) is 24.2. The molecule has 0 aromatic carbocycles. The molecular weight excluding hydrogens is 412 g/mol. The first-order valence-corrected chi connectivity index (χ1v) is 12.6. The number of hydrogen-bond donors (Lipinski definition) is 2. The quantitative estimate of drug-likeness (QED) is 0.466. The second kappa shape index (κ2) is 6.52. The lowest BCUT2D eigenvalue weighted by molar-refractivity contribution is -0.178. The maximum Gasteiger partial charge on any atom is 0.309 e. The smallest absolute Gasteiger partial charge is 0.309 e. The van der Waals surface area contributed by atoms with E-state index in [0.29, 0.717) is 11.5 Å². The lowest BCUT2D eigenvalue weighted by Gasteiger charge is -2.70. The molecule has 5 aliphatic rings. The number of hydrogen-bond acceptors (Lipinski definition) is 3. The second-order valence-corrected chi connectivity index (χ2v) is 12.9. The van der Waals surface area contributed by atoms with Gasteiger partial charge in [0.05, 0.1) is 5.41 Å². The molecule has 3 saturated carbocycles. The van der Waals surface area contributed by atoms with Crippen LogP contribution in [0.25, 0.3) is 0 Å². The summed E-state index contributed by atoms with van der Waals surface area (Å²) < 4.78 is 0. The van der Waals surface area contributed by atoms with Crippen LogP contribution in [0.2, 0.25) is 0 Å². The fraction of sp³-hybridized carbons (Fsp3) is 0.655. The summed E-state index contributed by atoms with van der Waals surface area (Å²) in [6.45, 7) is 13.3. The van der Waals surface area contributed by atoms with E-state index in [1.54, 1.807) is 6.08 Å². The Hall–Kier alpha value is -2.10. The molecule has 3 fully saturated rings. The predicted molar refractivity (Wildman–Crippen MR) is 129 cm³/mol. The van der Waals surface area contributed by atoms with Crippen LogP contribution >= 0.6 is 0 Å². The highest BCUT2D eigenvalue weighted by molar-refractivity contribution is 6.06. The van der Waals surface area contributed by atoms with Crippen LogP contribution in [0.3, 0.4) is 0 Å². The van der Waals surface area contributed by atoms with E-state index < -0.39 is 11.4 Å². The third kappa shape index (κ3) is 2.64. The number of carboxylic acid groups (broad SMARTS) is 1. The molecule has 5 aliphatic carbocycles. The molecule has 0 bridgehead atoms. The maximum absolute atomic E-state index is 12.6. The van der Waals surface area contributed by atoms with E-state index >= 15 is 0 Å². The molecule has 1 unspecified atom stereocenters. The average molecular weight is 451 g/mol. The molecule has 4 nitrogen and oxygen atoms in total. The number of aliphatic hydroxyl groups excluding tert-OH is 1. The van der Waals surface area contributed by atoms with E-state index in [9.17, 15) is 19.8 Å². The zero-order valence-electron chi connectivity index (χ0n) is 21.0. The topological polar surface area (TPSA) is 74.6 Å². The molecule has 2 N–H and O–H groups in total. The van der Waals surface area contributed by atoms with Crippen LogP contribution in [0.5, 0.6) is 0 Å². The number of aliphatic hydroxyl groups is 1. The largest absolute Gasteiger partial charge is 0.504 e. The van der Waals surface area contributed by atoms with Gasteiger partial charge < -0.3 is 10.2 Å². The zero-order valence-corrected chi connectivity index (χ0v) is 21.0. The minimum Gasteiger partial charge on any atom is -0.504 e. The van der Waals surface area contributed by atoms with Gasteiger partial charge in [-0.1, -0.05) is 45.4 Å². The first kappa shape index (κ1) is 22.7. The van der Waals surface area contributed by atoms with Crippen molar-refractivity contribution in [2.45, 2.75) is 86.5 Å². The summed E-state index contributed by atoms with van der Waals surface area (Å²) in [5.41, 5.74) is 3.33. The fourth-order valence-corrected chi connectivity index (χ4v) is 8.65. The van der Waals surface area contributed by atoms with Gasteiger partial charge in [0.15, 0.2) is 5.76 Å².